The topological polar surface area (TPSA) is 27.1 Å². The largest absolute Gasteiger partial charge is 0.381 e. The lowest BCUT2D eigenvalue weighted by Gasteiger charge is -2.16. The first-order valence-electron chi connectivity index (χ1n) is 9.62. The van der Waals surface area contributed by atoms with Gasteiger partial charge in [-0.2, -0.15) is 0 Å². The van der Waals surface area contributed by atoms with E-state index in [1.807, 2.05) is 59.5 Å². The van der Waals surface area contributed by atoms with Crippen molar-refractivity contribution in [2.24, 2.45) is 13.0 Å². The molecule has 0 spiro atoms. The Morgan fingerprint density at radius 3 is 2.00 bits per heavy atom. The molecule has 0 N–H and O–H groups in total. The van der Waals surface area contributed by atoms with E-state index in [4.69, 9.17) is 4.74 Å². The minimum absolute atomic E-state index is 0.911. The van der Waals surface area contributed by atoms with Gasteiger partial charge in [-0.25, -0.2) is 4.98 Å². The second-order valence-corrected chi connectivity index (χ2v) is 5.14. The Bertz CT molecular complexity index is 500. The highest BCUT2D eigenvalue weighted by atomic mass is 16.5. The number of rotatable bonds is 0. The minimum atomic E-state index is 0.911. The van der Waals surface area contributed by atoms with Crippen LogP contribution in [0.4, 0.5) is 0 Å². The summed E-state index contributed by atoms with van der Waals surface area (Å²) in [4.78, 5) is 4.24. The van der Waals surface area contributed by atoms with Gasteiger partial charge in [-0.05, 0) is 43.4 Å². The number of imidazole rings is 1. The van der Waals surface area contributed by atoms with Crippen molar-refractivity contribution < 1.29 is 4.74 Å². The van der Waals surface area contributed by atoms with E-state index in [1.54, 1.807) is 0 Å². The van der Waals surface area contributed by atoms with Gasteiger partial charge in [0.15, 0.2) is 0 Å². The number of benzene rings is 1. The normalized spacial score (nSPS) is 13.0. The maximum atomic E-state index is 5.14. The maximum absolute atomic E-state index is 5.14. The molecule has 1 aromatic heterocycles. The molecule has 140 valence electrons. The van der Waals surface area contributed by atoms with Crippen LogP contribution < -0.4 is 0 Å². The minimum Gasteiger partial charge on any atom is -0.381 e. The smallest absolute Gasteiger partial charge is 0.0955 e. The molecule has 2 heterocycles. The Kier molecular flexibility index (Phi) is 17.1. The van der Waals surface area contributed by atoms with Crippen molar-refractivity contribution in [3.05, 3.63) is 30.1 Å². The zero-order valence-electron chi connectivity index (χ0n) is 17.5. The molecule has 1 aliphatic rings. The number of hydrogen-bond donors (Lipinski definition) is 0. The molecule has 0 bridgehead atoms. The molecule has 0 saturated carbocycles. The highest BCUT2D eigenvalue weighted by Crippen LogP contribution is 2.12. The zero-order valence-corrected chi connectivity index (χ0v) is 17.5. The van der Waals surface area contributed by atoms with E-state index in [0.29, 0.717) is 0 Å². The first-order valence-corrected chi connectivity index (χ1v) is 9.62. The standard InChI is InChI=1S/C9H10N2.C6H12O.3C2H6/c1-7-3-4-9-8(5-7)10-6-11(9)2;1-6-2-4-7-5-3-6;3*1-2/h3-6H,1-2H3;6H,2-5H2,1H3;3*1-2H3. The fourth-order valence-corrected chi connectivity index (χ4v) is 2.06. The van der Waals surface area contributed by atoms with E-state index < -0.39 is 0 Å². The van der Waals surface area contributed by atoms with Crippen LogP contribution >= 0.6 is 0 Å². The van der Waals surface area contributed by atoms with Crippen LogP contribution in [0.3, 0.4) is 0 Å². The highest BCUT2D eigenvalue weighted by molar-refractivity contribution is 5.75. The third-order valence-corrected chi connectivity index (χ3v) is 3.39. The van der Waals surface area contributed by atoms with Gasteiger partial charge in [-0.15, -0.1) is 0 Å². The third kappa shape index (κ3) is 9.71. The Morgan fingerprint density at radius 1 is 1.00 bits per heavy atom. The van der Waals surface area contributed by atoms with Crippen molar-refractivity contribution in [2.75, 3.05) is 13.2 Å². The predicted molar refractivity (Wildman–Crippen MR) is 109 cm³/mol. The van der Waals surface area contributed by atoms with Crippen molar-refractivity contribution >= 4 is 11.0 Å². The maximum Gasteiger partial charge on any atom is 0.0955 e. The van der Waals surface area contributed by atoms with Crippen LogP contribution in [0.5, 0.6) is 0 Å². The van der Waals surface area contributed by atoms with Gasteiger partial charge in [-0.3, -0.25) is 0 Å². The summed E-state index contributed by atoms with van der Waals surface area (Å²) in [6.07, 6.45) is 4.37. The van der Waals surface area contributed by atoms with E-state index in [0.717, 1.165) is 24.6 Å². The van der Waals surface area contributed by atoms with Gasteiger partial charge in [-0.1, -0.05) is 54.5 Å². The summed E-state index contributed by atoms with van der Waals surface area (Å²) in [5, 5.41) is 0. The number of fused-ring (bicyclic) bond motifs is 1. The van der Waals surface area contributed by atoms with Crippen molar-refractivity contribution in [1.29, 1.82) is 0 Å². The highest BCUT2D eigenvalue weighted by Gasteiger charge is 2.06. The van der Waals surface area contributed by atoms with Gasteiger partial charge in [0.2, 0.25) is 0 Å². The van der Waals surface area contributed by atoms with Crippen LogP contribution in [0.15, 0.2) is 24.5 Å². The van der Waals surface area contributed by atoms with E-state index in [1.165, 1.54) is 23.9 Å². The van der Waals surface area contributed by atoms with Gasteiger partial charge in [0.25, 0.3) is 0 Å². The fraction of sp³-hybridized carbons (Fsp3) is 0.667. The van der Waals surface area contributed by atoms with Crippen LogP contribution in [-0.4, -0.2) is 22.8 Å². The quantitative estimate of drug-likeness (QED) is 0.557. The second kappa shape index (κ2) is 16.5. The lowest BCUT2D eigenvalue weighted by molar-refractivity contribution is 0.0716. The van der Waals surface area contributed by atoms with E-state index >= 15 is 0 Å². The van der Waals surface area contributed by atoms with Crippen molar-refractivity contribution in [3.63, 3.8) is 0 Å². The average molecular weight is 337 g/mol. The SMILES string of the molecule is CC.CC.CC.CC1CCOCC1.Cc1ccc2c(c1)ncn2C. The van der Waals surface area contributed by atoms with E-state index in [-0.39, 0.29) is 0 Å². The van der Waals surface area contributed by atoms with Crippen molar-refractivity contribution in [3.8, 4) is 0 Å². The molecule has 3 nitrogen and oxygen atoms in total. The molecule has 0 radical (unpaired) electrons. The summed E-state index contributed by atoms with van der Waals surface area (Å²) in [5.74, 6) is 0.911. The molecule has 24 heavy (non-hydrogen) atoms. The lowest BCUT2D eigenvalue weighted by atomic mass is 10.0. The summed E-state index contributed by atoms with van der Waals surface area (Å²) < 4.78 is 7.16. The number of ether oxygens (including phenoxy) is 1. The fourth-order valence-electron chi connectivity index (χ4n) is 2.06. The van der Waals surface area contributed by atoms with E-state index in [2.05, 4.69) is 37.0 Å². The number of aromatic nitrogens is 2. The van der Waals surface area contributed by atoms with Crippen LogP contribution in [0.25, 0.3) is 11.0 Å². The summed E-state index contributed by atoms with van der Waals surface area (Å²) >= 11 is 0. The summed E-state index contributed by atoms with van der Waals surface area (Å²) in [6, 6.07) is 6.29. The number of nitrogens with zero attached hydrogens (tertiary/aromatic N) is 2. The van der Waals surface area contributed by atoms with Crippen molar-refractivity contribution in [1.82, 2.24) is 9.55 Å². The Hall–Kier alpha value is -1.35. The summed E-state index contributed by atoms with van der Waals surface area (Å²) in [6.45, 7) is 18.3. The average Bonchev–Trinajstić information content (AvgIpc) is 3.01. The molecule has 1 aliphatic heterocycles. The molecule has 1 aromatic carbocycles. The van der Waals surface area contributed by atoms with Gasteiger partial charge in [0.05, 0.1) is 17.4 Å². The first-order chi connectivity index (χ1) is 11.7. The molecule has 0 amide bonds. The van der Waals surface area contributed by atoms with Gasteiger partial charge < -0.3 is 9.30 Å². The molecular formula is C21H40N2O. The van der Waals surface area contributed by atoms with Crippen molar-refractivity contribution in [2.45, 2.75) is 68.2 Å². The summed E-state index contributed by atoms with van der Waals surface area (Å²) in [7, 11) is 2.00. The van der Waals surface area contributed by atoms with Crippen LogP contribution in [0.2, 0.25) is 0 Å². The van der Waals surface area contributed by atoms with Crippen LogP contribution in [0, 0.1) is 12.8 Å². The molecule has 0 aliphatic carbocycles. The lowest BCUT2D eigenvalue weighted by Crippen LogP contribution is -2.12. The molecule has 0 atom stereocenters. The number of aryl methyl sites for hydroxylation is 2. The molecule has 1 fully saturated rings. The molecule has 0 unspecified atom stereocenters. The molecule has 1 saturated heterocycles. The first kappa shape index (κ1) is 24.9. The Labute approximate surface area is 150 Å². The molecule has 2 aromatic rings. The van der Waals surface area contributed by atoms with E-state index in [9.17, 15) is 0 Å². The monoisotopic (exact) mass is 336 g/mol. The summed E-state index contributed by atoms with van der Waals surface area (Å²) in [5.41, 5.74) is 3.53. The molecule has 3 rings (SSSR count). The Balaban J connectivity index is 0. The number of hydrogen-bond acceptors (Lipinski definition) is 2. The second-order valence-electron chi connectivity index (χ2n) is 5.14. The Morgan fingerprint density at radius 2 is 1.54 bits per heavy atom. The van der Waals surface area contributed by atoms with Gasteiger partial charge >= 0.3 is 0 Å². The third-order valence-electron chi connectivity index (χ3n) is 3.39. The predicted octanol–water partition coefficient (Wildman–Crippen LogP) is 6.39. The van der Waals surface area contributed by atoms with Gasteiger partial charge in [0.1, 0.15) is 0 Å². The molecule has 3 heteroatoms. The molecular weight excluding hydrogens is 296 g/mol. The van der Waals surface area contributed by atoms with Crippen LogP contribution in [-0.2, 0) is 11.8 Å². The zero-order chi connectivity index (χ0) is 19.0. The van der Waals surface area contributed by atoms with Crippen LogP contribution in [0.1, 0.15) is 66.9 Å². The van der Waals surface area contributed by atoms with Gasteiger partial charge in [0, 0.05) is 20.3 Å².